The van der Waals surface area contributed by atoms with E-state index in [9.17, 15) is 0 Å². The van der Waals surface area contributed by atoms with E-state index in [0.717, 1.165) is 48.9 Å². The lowest BCUT2D eigenvalue weighted by Gasteiger charge is -2.26. The zero-order chi connectivity index (χ0) is 15.5. The Morgan fingerprint density at radius 1 is 1.04 bits per heavy atom. The third-order valence-corrected chi connectivity index (χ3v) is 4.43. The molecule has 0 aliphatic carbocycles. The molecule has 0 radical (unpaired) electrons. The molecule has 0 amide bonds. The highest BCUT2D eigenvalue weighted by molar-refractivity contribution is 5.44. The van der Waals surface area contributed by atoms with Gasteiger partial charge in [0.2, 0.25) is 0 Å². The standard InChI is InChI=1S/C18H21N3O2/c1-2-6-17-16(5-1)22-13-14(23-17)7-8-15-18(20-10-9-19-15)21-11-3-4-12-21/h1-2,5-6,9-10,14H,3-4,7-8,11-13H2/t14-/m0/s1. The molecule has 0 spiro atoms. The number of fused-ring (bicyclic) bond motifs is 1. The highest BCUT2D eigenvalue weighted by Crippen LogP contribution is 2.32. The van der Waals surface area contributed by atoms with Gasteiger partial charge in [0, 0.05) is 25.5 Å². The summed E-state index contributed by atoms with van der Waals surface area (Å²) in [5, 5.41) is 0. The Morgan fingerprint density at radius 3 is 2.70 bits per heavy atom. The van der Waals surface area contributed by atoms with Crippen LogP contribution in [0.25, 0.3) is 0 Å². The molecule has 2 aromatic rings. The number of rotatable bonds is 4. The van der Waals surface area contributed by atoms with Crippen molar-refractivity contribution in [1.29, 1.82) is 0 Å². The topological polar surface area (TPSA) is 47.5 Å². The quantitative estimate of drug-likeness (QED) is 0.869. The molecule has 5 heteroatoms. The van der Waals surface area contributed by atoms with Gasteiger partial charge in [0.15, 0.2) is 11.5 Å². The SMILES string of the molecule is c1ccc2c(c1)OC[C@H](CCc1nccnc1N1CCCC1)O2. The fourth-order valence-electron chi connectivity index (χ4n) is 3.23. The number of aromatic nitrogens is 2. The summed E-state index contributed by atoms with van der Waals surface area (Å²) in [5.41, 5.74) is 1.07. The summed E-state index contributed by atoms with van der Waals surface area (Å²) < 4.78 is 11.8. The molecule has 5 nitrogen and oxygen atoms in total. The molecular weight excluding hydrogens is 290 g/mol. The van der Waals surface area contributed by atoms with Crippen LogP contribution in [0.15, 0.2) is 36.7 Å². The monoisotopic (exact) mass is 311 g/mol. The van der Waals surface area contributed by atoms with E-state index in [0.29, 0.717) is 6.61 Å². The van der Waals surface area contributed by atoms with Gasteiger partial charge in [0.1, 0.15) is 18.5 Å². The van der Waals surface area contributed by atoms with E-state index in [2.05, 4.69) is 14.9 Å². The molecule has 0 unspecified atom stereocenters. The maximum Gasteiger partial charge on any atom is 0.161 e. The maximum atomic E-state index is 6.03. The van der Waals surface area contributed by atoms with Gasteiger partial charge in [-0.3, -0.25) is 4.98 Å². The number of para-hydroxylation sites is 2. The zero-order valence-corrected chi connectivity index (χ0v) is 13.1. The molecular formula is C18H21N3O2. The first-order valence-electron chi connectivity index (χ1n) is 8.33. The van der Waals surface area contributed by atoms with Crippen LogP contribution in [0, 0.1) is 0 Å². The van der Waals surface area contributed by atoms with E-state index in [1.54, 1.807) is 12.4 Å². The summed E-state index contributed by atoms with van der Waals surface area (Å²) in [4.78, 5) is 11.4. The molecule has 0 bridgehead atoms. The van der Waals surface area contributed by atoms with Crippen LogP contribution >= 0.6 is 0 Å². The first-order valence-corrected chi connectivity index (χ1v) is 8.33. The van der Waals surface area contributed by atoms with E-state index < -0.39 is 0 Å². The highest BCUT2D eigenvalue weighted by atomic mass is 16.6. The second kappa shape index (κ2) is 6.44. The molecule has 4 rings (SSSR count). The summed E-state index contributed by atoms with van der Waals surface area (Å²) >= 11 is 0. The highest BCUT2D eigenvalue weighted by Gasteiger charge is 2.22. The number of nitrogens with zero attached hydrogens (tertiary/aromatic N) is 3. The lowest BCUT2D eigenvalue weighted by molar-refractivity contribution is 0.0849. The lowest BCUT2D eigenvalue weighted by Crippen LogP contribution is -2.30. The number of ether oxygens (including phenoxy) is 2. The summed E-state index contributed by atoms with van der Waals surface area (Å²) in [5.74, 6) is 2.71. The third kappa shape index (κ3) is 3.09. The van der Waals surface area contributed by atoms with E-state index in [1.807, 2.05) is 24.3 Å². The smallest absolute Gasteiger partial charge is 0.161 e. The van der Waals surface area contributed by atoms with Crippen LogP contribution in [0.1, 0.15) is 25.0 Å². The van der Waals surface area contributed by atoms with Crippen LogP contribution in [0.2, 0.25) is 0 Å². The average molecular weight is 311 g/mol. The van der Waals surface area contributed by atoms with Gasteiger partial charge < -0.3 is 14.4 Å². The molecule has 23 heavy (non-hydrogen) atoms. The third-order valence-electron chi connectivity index (χ3n) is 4.43. The zero-order valence-electron chi connectivity index (χ0n) is 13.1. The minimum atomic E-state index is 0.0679. The van der Waals surface area contributed by atoms with Gasteiger partial charge in [0.05, 0.1) is 5.69 Å². The van der Waals surface area contributed by atoms with Gasteiger partial charge in [-0.15, -0.1) is 0 Å². The Bertz CT molecular complexity index is 671. The van der Waals surface area contributed by atoms with E-state index in [1.165, 1.54) is 12.8 Å². The van der Waals surface area contributed by atoms with Gasteiger partial charge in [-0.2, -0.15) is 0 Å². The van der Waals surface area contributed by atoms with Crippen LogP contribution in [-0.4, -0.2) is 35.8 Å². The van der Waals surface area contributed by atoms with Gasteiger partial charge >= 0.3 is 0 Å². The summed E-state index contributed by atoms with van der Waals surface area (Å²) in [6, 6.07) is 7.84. The minimum absolute atomic E-state index is 0.0679. The average Bonchev–Trinajstić information content (AvgIpc) is 3.14. The fraction of sp³-hybridized carbons (Fsp3) is 0.444. The van der Waals surface area contributed by atoms with Gasteiger partial charge in [-0.25, -0.2) is 4.98 Å². The predicted octanol–water partition coefficient (Wildman–Crippen LogP) is 2.85. The molecule has 1 atom stereocenters. The van der Waals surface area contributed by atoms with Crippen LogP contribution < -0.4 is 14.4 Å². The molecule has 120 valence electrons. The lowest BCUT2D eigenvalue weighted by atomic mass is 10.1. The van der Waals surface area contributed by atoms with E-state index in [-0.39, 0.29) is 6.10 Å². The molecule has 0 saturated carbocycles. The van der Waals surface area contributed by atoms with Crippen LogP contribution in [0.4, 0.5) is 5.82 Å². The van der Waals surface area contributed by atoms with Gasteiger partial charge in [-0.1, -0.05) is 12.1 Å². The summed E-state index contributed by atoms with van der Waals surface area (Å²) in [7, 11) is 0. The fourth-order valence-corrected chi connectivity index (χ4v) is 3.23. The van der Waals surface area contributed by atoms with Gasteiger partial charge in [0.25, 0.3) is 0 Å². The van der Waals surface area contributed by atoms with Crippen molar-refractivity contribution in [2.45, 2.75) is 31.8 Å². The van der Waals surface area contributed by atoms with Crippen LogP contribution in [0.5, 0.6) is 11.5 Å². The Labute approximate surface area is 136 Å². The Hall–Kier alpha value is -2.30. The second-order valence-corrected chi connectivity index (χ2v) is 6.06. The van der Waals surface area contributed by atoms with E-state index >= 15 is 0 Å². The number of anilines is 1. The minimum Gasteiger partial charge on any atom is -0.486 e. The number of hydrogen-bond donors (Lipinski definition) is 0. The van der Waals surface area contributed by atoms with Gasteiger partial charge in [-0.05, 0) is 37.8 Å². The number of hydrogen-bond acceptors (Lipinski definition) is 5. The summed E-state index contributed by atoms with van der Waals surface area (Å²) in [6.07, 6.45) is 7.86. The van der Waals surface area contributed by atoms with Crippen molar-refractivity contribution in [3.63, 3.8) is 0 Å². The van der Waals surface area contributed by atoms with E-state index in [4.69, 9.17) is 9.47 Å². The molecule has 1 aromatic carbocycles. The Kier molecular flexibility index (Phi) is 4.01. The molecule has 1 aromatic heterocycles. The molecule has 2 aliphatic rings. The van der Waals surface area contributed by atoms with Crippen LogP contribution in [-0.2, 0) is 6.42 Å². The van der Waals surface area contributed by atoms with Crippen molar-refractivity contribution in [3.8, 4) is 11.5 Å². The van der Waals surface area contributed by atoms with Crippen molar-refractivity contribution >= 4 is 5.82 Å². The molecule has 3 heterocycles. The van der Waals surface area contributed by atoms with Crippen molar-refractivity contribution in [2.75, 3.05) is 24.6 Å². The predicted molar refractivity (Wildman–Crippen MR) is 88.2 cm³/mol. The number of aryl methyl sites for hydroxylation is 1. The number of benzene rings is 1. The first-order chi connectivity index (χ1) is 11.4. The van der Waals surface area contributed by atoms with Crippen LogP contribution in [0.3, 0.4) is 0 Å². The molecule has 2 aliphatic heterocycles. The molecule has 1 fully saturated rings. The van der Waals surface area contributed by atoms with Crippen molar-refractivity contribution in [3.05, 3.63) is 42.4 Å². The normalized spacial score (nSPS) is 19.8. The van der Waals surface area contributed by atoms with Crippen molar-refractivity contribution in [1.82, 2.24) is 9.97 Å². The maximum absolute atomic E-state index is 6.03. The summed E-state index contributed by atoms with van der Waals surface area (Å²) in [6.45, 7) is 2.76. The molecule has 0 N–H and O–H groups in total. The largest absolute Gasteiger partial charge is 0.486 e. The Balaban J connectivity index is 1.42. The van der Waals surface area contributed by atoms with Crippen molar-refractivity contribution < 1.29 is 9.47 Å². The Morgan fingerprint density at radius 2 is 1.83 bits per heavy atom. The molecule has 1 saturated heterocycles. The van der Waals surface area contributed by atoms with Crippen molar-refractivity contribution in [2.24, 2.45) is 0 Å². The second-order valence-electron chi connectivity index (χ2n) is 6.06. The first kappa shape index (κ1) is 14.3.